The van der Waals surface area contributed by atoms with Crippen molar-refractivity contribution >= 4 is 27.5 Å². The largest absolute Gasteiger partial charge is 0.319 e. The van der Waals surface area contributed by atoms with Crippen molar-refractivity contribution < 1.29 is 4.79 Å². The average molecular weight is 351 g/mol. The second-order valence-electron chi connectivity index (χ2n) is 4.87. The van der Waals surface area contributed by atoms with Crippen molar-refractivity contribution in [1.29, 1.82) is 0 Å². The van der Waals surface area contributed by atoms with Gasteiger partial charge in [0.2, 0.25) is 0 Å². The van der Waals surface area contributed by atoms with Crippen molar-refractivity contribution in [2.24, 2.45) is 0 Å². The molecule has 2 N–H and O–H groups in total. The number of carbonyl (C=O) groups excluding carboxylic acids is 1. The van der Waals surface area contributed by atoms with E-state index in [9.17, 15) is 4.79 Å². The Morgan fingerprint density at radius 2 is 2.24 bits per heavy atom. The smallest absolute Gasteiger partial charge is 0.277 e. The molecule has 3 heterocycles. The van der Waals surface area contributed by atoms with Crippen LogP contribution in [0, 0.1) is 0 Å². The first-order chi connectivity index (χ1) is 10.2. The predicted octanol–water partition coefficient (Wildman–Crippen LogP) is 1.61. The maximum absolute atomic E-state index is 12.2. The number of nitrogens with zero attached hydrogens (tertiary/aromatic N) is 4. The first-order valence-corrected chi connectivity index (χ1v) is 7.57. The van der Waals surface area contributed by atoms with Gasteiger partial charge in [-0.1, -0.05) is 5.21 Å². The summed E-state index contributed by atoms with van der Waals surface area (Å²) in [5.41, 5.74) is 0.976. The zero-order valence-corrected chi connectivity index (χ0v) is 12.9. The van der Waals surface area contributed by atoms with Gasteiger partial charge in [-0.05, 0) is 47.9 Å². The molecule has 0 aromatic carbocycles. The number of anilines is 1. The van der Waals surface area contributed by atoms with Gasteiger partial charge in [0.25, 0.3) is 5.91 Å². The third-order valence-corrected chi connectivity index (χ3v) is 4.08. The van der Waals surface area contributed by atoms with E-state index in [0.29, 0.717) is 17.4 Å². The van der Waals surface area contributed by atoms with Crippen molar-refractivity contribution in [2.45, 2.75) is 18.9 Å². The number of piperidine rings is 1. The molecule has 1 saturated heterocycles. The number of aromatic nitrogens is 4. The van der Waals surface area contributed by atoms with Gasteiger partial charge < -0.3 is 10.6 Å². The van der Waals surface area contributed by atoms with Gasteiger partial charge in [0, 0.05) is 12.4 Å². The molecule has 2 aromatic rings. The Hall–Kier alpha value is -1.80. The second-order valence-corrected chi connectivity index (χ2v) is 5.73. The highest BCUT2D eigenvalue weighted by molar-refractivity contribution is 9.10. The van der Waals surface area contributed by atoms with E-state index in [2.05, 4.69) is 41.9 Å². The molecule has 0 unspecified atom stereocenters. The van der Waals surface area contributed by atoms with Crippen molar-refractivity contribution in [3.05, 3.63) is 34.8 Å². The van der Waals surface area contributed by atoms with Crippen molar-refractivity contribution in [3.63, 3.8) is 0 Å². The average Bonchev–Trinajstić information content (AvgIpc) is 3.00. The van der Waals surface area contributed by atoms with Crippen LogP contribution in [-0.4, -0.2) is 39.0 Å². The van der Waals surface area contributed by atoms with Gasteiger partial charge in [-0.15, -0.1) is 5.10 Å². The molecule has 8 heteroatoms. The van der Waals surface area contributed by atoms with Crippen LogP contribution in [0.1, 0.15) is 29.4 Å². The molecule has 1 aliphatic heterocycles. The topological polar surface area (TPSA) is 84.7 Å². The van der Waals surface area contributed by atoms with Crippen LogP contribution in [0.15, 0.2) is 29.1 Å². The fourth-order valence-corrected chi connectivity index (χ4v) is 2.64. The van der Waals surface area contributed by atoms with Crippen molar-refractivity contribution in [1.82, 2.24) is 25.3 Å². The van der Waals surface area contributed by atoms with Gasteiger partial charge in [-0.2, -0.15) is 0 Å². The van der Waals surface area contributed by atoms with E-state index < -0.39 is 0 Å². The molecule has 7 nitrogen and oxygen atoms in total. The molecule has 0 radical (unpaired) electrons. The molecule has 1 fully saturated rings. The van der Waals surface area contributed by atoms with Crippen LogP contribution >= 0.6 is 15.9 Å². The first kappa shape index (κ1) is 14.2. The SMILES string of the molecule is O=C(Nc1ccncc1Br)c1cn(C2CCNCC2)nn1. The molecule has 0 atom stereocenters. The fraction of sp³-hybridized carbons (Fsp3) is 0.385. The lowest BCUT2D eigenvalue weighted by Gasteiger charge is -2.22. The maximum atomic E-state index is 12.2. The van der Waals surface area contributed by atoms with Crippen LogP contribution in [-0.2, 0) is 0 Å². The molecule has 0 aliphatic carbocycles. The summed E-state index contributed by atoms with van der Waals surface area (Å²) < 4.78 is 2.52. The Labute approximate surface area is 130 Å². The molecular formula is C13H15BrN6O. The van der Waals surface area contributed by atoms with Gasteiger partial charge in [0.05, 0.1) is 22.4 Å². The molecular weight excluding hydrogens is 336 g/mol. The molecule has 1 aliphatic rings. The second kappa shape index (κ2) is 6.31. The summed E-state index contributed by atoms with van der Waals surface area (Å²) in [5.74, 6) is -0.276. The van der Waals surface area contributed by atoms with Gasteiger partial charge in [0.15, 0.2) is 5.69 Å². The van der Waals surface area contributed by atoms with Crippen LogP contribution in [0.4, 0.5) is 5.69 Å². The summed E-state index contributed by atoms with van der Waals surface area (Å²) in [6.07, 6.45) is 6.95. The number of rotatable bonds is 3. The Kier molecular flexibility index (Phi) is 4.26. The highest BCUT2D eigenvalue weighted by atomic mass is 79.9. The van der Waals surface area contributed by atoms with Gasteiger partial charge in [-0.25, -0.2) is 4.68 Å². The monoisotopic (exact) mass is 350 g/mol. The molecule has 21 heavy (non-hydrogen) atoms. The number of hydrogen-bond donors (Lipinski definition) is 2. The number of amides is 1. The lowest BCUT2D eigenvalue weighted by atomic mass is 10.1. The summed E-state index contributed by atoms with van der Waals surface area (Å²) in [6, 6.07) is 2.03. The number of nitrogens with one attached hydrogen (secondary N) is 2. The highest BCUT2D eigenvalue weighted by Crippen LogP contribution is 2.21. The minimum atomic E-state index is -0.276. The standard InChI is InChI=1S/C13H15BrN6O/c14-10-7-16-6-3-11(10)17-13(21)12-8-20(19-18-12)9-1-4-15-5-2-9/h3,6-9,15H,1-2,4-5H2,(H,16,17,21). The summed E-state index contributed by atoms with van der Waals surface area (Å²) >= 11 is 3.34. The zero-order valence-electron chi connectivity index (χ0n) is 11.3. The molecule has 3 rings (SSSR count). The minimum absolute atomic E-state index is 0.276. The van der Waals surface area contributed by atoms with Crippen molar-refractivity contribution in [3.8, 4) is 0 Å². The molecule has 0 saturated carbocycles. The molecule has 1 amide bonds. The molecule has 2 aromatic heterocycles. The number of pyridine rings is 1. The van der Waals surface area contributed by atoms with Crippen LogP contribution in [0.5, 0.6) is 0 Å². The normalized spacial score (nSPS) is 15.9. The quantitative estimate of drug-likeness (QED) is 0.878. The summed E-state index contributed by atoms with van der Waals surface area (Å²) in [6.45, 7) is 1.94. The summed E-state index contributed by atoms with van der Waals surface area (Å²) in [7, 11) is 0. The minimum Gasteiger partial charge on any atom is -0.319 e. The number of hydrogen-bond acceptors (Lipinski definition) is 5. The van der Waals surface area contributed by atoms with Gasteiger partial charge in [0.1, 0.15) is 0 Å². The zero-order chi connectivity index (χ0) is 14.7. The lowest BCUT2D eigenvalue weighted by molar-refractivity contribution is 0.102. The molecule has 0 spiro atoms. The Balaban J connectivity index is 1.71. The molecule has 110 valence electrons. The van der Waals surface area contributed by atoms with Crippen molar-refractivity contribution in [2.75, 3.05) is 18.4 Å². The Morgan fingerprint density at radius 1 is 1.43 bits per heavy atom. The van der Waals surface area contributed by atoms with Crippen LogP contribution in [0.2, 0.25) is 0 Å². The van der Waals surface area contributed by atoms with E-state index in [1.165, 1.54) is 0 Å². The number of carbonyl (C=O) groups is 1. The third kappa shape index (κ3) is 3.27. The predicted molar refractivity (Wildman–Crippen MR) is 81.1 cm³/mol. The van der Waals surface area contributed by atoms with E-state index in [0.717, 1.165) is 30.4 Å². The first-order valence-electron chi connectivity index (χ1n) is 6.77. The fourth-order valence-electron chi connectivity index (χ4n) is 2.29. The molecule has 0 bridgehead atoms. The van der Waals surface area contributed by atoms with Gasteiger partial charge in [-0.3, -0.25) is 9.78 Å². The van der Waals surface area contributed by atoms with E-state index in [1.807, 2.05) is 0 Å². The highest BCUT2D eigenvalue weighted by Gasteiger charge is 2.19. The van der Waals surface area contributed by atoms with Crippen LogP contribution < -0.4 is 10.6 Å². The number of halogens is 1. The van der Waals surface area contributed by atoms with Gasteiger partial charge >= 0.3 is 0 Å². The Morgan fingerprint density at radius 3 is 3.00 bits per heavy atom. The van der Waals surface area contributed by atoms with E-state index in [1.54, 1.807) is 29.3 Å². The van der Waals surface area contributed by atoms with E-state index in [4.69, 9.17) is 0 Å². The summed E-state index contributed by atoms with van der Waals surface area (Å²) in [5, 5.41) is 14.1. The van der Waals surface area contributed by atoms with E-state index >= 15 is 0 Å². The summed E-state index contributed by atoms with van der Waals surface area (Å²) in [4.78, 5) is 16.1. The third-order valence-electron chi connectivity index (χ3n) is 3.45. The van der Waals surface area contributed by atoms with Crippen LogP contribution in [0.3, 0.4) is 0 Å². The Bertz CT molecular complexity index is 637. The van der Waals surface area contributed by atoms with E-state index in [-0.39, 0.29) is 5.91 Å². The van der Waals surface area contributed by atoms with Crippen LogP contribution in [0.25, 0.3) is 0 Å². The lowest BCUT2D eigenvalue weighted by Crippen LogP contribution is -2.29. The maximum Gasteiger partial charge on any atom is 0.277 e.